The van der Waals surface area contributed by atoms with Crippen molar-refractivity contribution in [1.82, 2.24) is 0 Å². The highest BCUT2D eigenvalue weighted by Crippen LogP contribution is 2.32. The summed E-state index contributed by atoms with van der Waals surface area (Å²) < 4.78 is 43.5. The van der Waals surface area contributed by atoms with E-state index in [2.05, 4.69) is 0 Å². The summed E-state index contributed by atoms with van der Waals surface area (Å²) in [6.45, 7) is 0.0748. The van der Waals surface area contributed by atoms with Crippen molar-refractivity contribution in [3.63, 3.8) is 0 Å². The molecular weight excluding hydrogens is 413 g/mol. The van der Waals surface area contributed by atoms with Crippen LogP contribution in [0.2, 0.25) is 0 Å². The van der Waals surface area contributed by atoms with Crippen molar-refractivity contribution >= 4 is 11.8 Å². The average Bonchev–Trinajstić information content (AvgIpc) is 3.07. The molecule has 0 spiro atoms. The maximum atomic E-state index is 12.7. The standard InChI is InChI=1S/C23H25F3O5/c24-23(25,26)16-7-5-8-17(15-16)31-14-6-10-20(27)19-12-13-21(28)18(19)9-3-1-2-4-11-22(29)30/h1,3,5,7-8,10,15,27H,2,4,6,9,11-14H2,(H,29,30)/b3-1-,20-10+. The molecule has 1 aromatic carbocycles. The largest absolute Gasteiger partial charge is 0.508 e. The molecule has 5 nitrogen and oxygen atoms in total. The molecule has 168 valence electrons. The highest BCUT2D eigenvalue weighted by atomic mass is 19.4. The first-order valence-electron chi connectivity index (χ1n) is 10.00. The first-order valence-corrected chi connectivity index (χ1v) is 10.00. The zero-order chi connectivity index (χ0) is 22.9. The second-order valence-corrected chi connectivity index (χ2v) is 7.09. The van der Waals surface area contributed by atoms with Crippen molar-refractivity contribution in [2.24, 2.45) is 0 Å². The van der Waals surface area contributed by atoms with Crippen molar-refractivity contribution in [2.75, 3.05) is 6.61 Å². The lowest BCUT2D eigenvalue weighted by Gasteiger charge is -2.10. The third-order valence-corrected chi connectivity index (χ3v) is 4.75. The van der Waals surface area contributed by atoms with Gasteiger partial charge in [-0.05, 0) is 50.0 Å². The number of alkyl halides is 3. The normalized spacial score (nSPS) is 15.2. The SMILES string of the molecule is O=C(O)CCC/C=C\CC1=C(/C(O)=C\CCOc2cccc(C(F)(F)F)c2)CCC1=O. The maximum Gasteiger partial charge on any atom is 0.416 e. The Hall–Kier alpha value is -3.03. The van der Waals surface area contributed by atoms with Crippen LogP contribution < -0.4 is 4.74 Å². The molecule has 0 aromatic heterocycles. The smallest absolute Gasteiger partial charge is 0.416 e. The first-order chi connectivity index (χ1) is 14.7. The number of Topliss-reactive ketones (excluding diaryl/α,β-unsaturated/α-hetero) is 1. The van der Waals surface area contributed by atoms with Crippen molar-refractivity contribution in [3.8, 4) is 5.75 Å². The highest BCUT2D eigenvalue weighted by Gasteiger charge is 2.30. The third-order valence-electron chi connectivity index (χ3n) is 4.75. The van der Waals surface area contributed by atoms with Gasteiger partial charge < -0.3 is 14.9 Å². The maximum absolute atomic E-state index is 12.7. The quantitative estimate of drug-likeness (QED) is 0.260. The van der Waals surface area contributed by atoms with E-state index < -0.39 is 17.7 Å². The topological polar surface area (TPSA) is 83.8 Å². The number of halogens is 3. The number of carboxylic acid groups (broad SMARTS) is 1. The second kappa shape index (κ2) is 11.4. The van der Waals surface area contributed by atoms with E-state index in [1.807, 2.05) is 6.08 Å². The van der Waals surface area contributed by atoms with E-state index in [1.54, 1.807) is 6.08 Å². The highest BCUT2D eigenvalue weighted by molar-refractivity contribution is 5.99. The van der Waals surface area contributed by atoms with Gasteiger partial charge in [0.2, 0.25) is 0 Å². The Bertz CT molecular complexity index is 881. The molecule has 0 aliphatic heterocycles. The van der Waals surface area contributed by atoms with Gasteiger partial charge >= 0.3 is 12.1 Å². The summed E-state index contributed by atoms with van der Waals surface area (Å²) in [5.74, 6) is -0.818. The summed E-state index contributed by atoms with van der Waals surface area (Å²) in [6, 6.07) is 4.58. The second-order valence-electron chi connectivity index (χ2n) is 7.09. The monoisotopic (exact) mass is 438 g/mol. The fraction of sp³-hybridized carbons (Fsp3) is 0.391. The number of carbonyl (C=O) groups excluding carboxylic acids is 1. The number of carboxylic acids is 1. The molecule has 8 heteroatoms. The van der Waals surface area contributed by atoms with Gasteiger partial charge in [-0.25, -0.2) is 0 Å². The van der Waals surface area contributed by atoms with Gasteiger partial charge in [0.1, 0.15) is 11.5 Å². The number of rotatable bonds is 11. The first kappa shape index (κ1) is 24.2. The van der Waals surface area contributed by atoms with E-state index in [4.69, 9.17) is 9.84 Å². The summed E-state index contributed by atoms with van der Waals surface area (Å²) in [4.78, 5) is 22.6. The number of hydrogen-bond donors (Lipinski definition) is 2. The van der Waals surface area contributed by atoms with Gasteiger partial charge in [-0.1, -0.05) is 18.2 Å². The van der Waals surface area contributed by atoms with E-state index in [-0.39, 0.29) is 36.7 Å². The third kappa shape index (κ3) is 7.96. The Morgan fingerprint density at radius 3 is 2.61 bits per heavy atom. The summed E-state index contributed by atoms with van der Waals surface area (Å²) in [7, 11) is 0. The molecule has 0 saturated heterocycles. The molecule has 0 fully saturated rings. The Balaban J connectivity index is 1.89. The fourth-order valence-corrected chi connectivity index (χ4v) is 3.18. The molecule has 1 aliphatic rings. The molecule has 0 amide bonds. The van der Waals surface area contributed by atoms with Gasteiger partial charge in [-0.2, -0.15) is 13.2 Å². The van der Waals surface area contributed by atoms with Crippen molar-refractivity contribution in [3.05, 3.63) is 65.0 Å². The Morgan fingerprint density at radius 1 is 1.13 bits per heavy atom. The van der Waals surface area contributed by atoms with E-state index >= 15 is 0 Å². The number of ketones is 1. The van der Waals surface area contributed by atoms with Crippen LogP contribution in [0.4, 0.5) is 13.2 Å². The van der Waals surface area contributed by atoms with Crippen LogP contribution in [0, 0.1) is 0 Å². The van der Waals surface area contributed by atoms with Crippen LogP contribution in [-0.4, -0.2) is 28.6 Å². The van der Waals surface area contributed by atoms with Crippen molar-refractivity contribution in [1.29, 1.82) is 0 Å². The van der Waals surface area contributed by atoms with Gasteiger partial charge in [-0.3, -0.25) is 9.59 Å². The van der Waals surface area contributed by atoms with Crippen LogP contribution in [0.1, 0.15) is 50.5 Å². The Morgan fingerprint density at radius 2 is 1.90 bits per heavy atom. The van der Waals surface area contributed by atoms with E-state index in [1.165, 1.54) is 18.2 Å². The number of ether oxygens (including phenoxy) is 1. The molecule has 0 unspecified atom stereocenters. The van der Waals surface area contributed by atoms with Crippen molar-refractivity contribution < 1.29 is 37.7 Å². The van der Waals surface area contributed by atoms with Crippen LogP contribution in [0.5, 0.6) is 5.75 Å². The van der Waals surface area contributed by atoms with Gasteiger partial charge in [0.15, 0.2) is 5.78 Å². The van der Waals surface area contributed by atoms with Crippen LogP contribution in [0.15, 0.2) is 59.4 Å². The predicted octanol–water partition coefficient (Wildman–Crippen LogP) is 5.78. The minimum absolute atomic E-state index is 0.0206. The van der Waals surface area contributed by atoms with E-state index in [0.717, 1.165) is 12.1 Å². The summed E-state index contributed by atoms with van der Waals surface area (Å²) in [5.41, 5.74) is 0.306. The van der Waals surface area contributed by atoms with E-state index in [9.17, 15) is 27.9 Å². The van der Waals surface area contributed by atoms with Crippen LogP contribution >= 0.6 is 0 Å². The molecule has 0 bridgehead atoms. The van der Waals surface area contributed by atoms with Crippen molar-refractivity contribution in [2.45, 2.75) is 51.1 Å². The summed E-state index contributed by atoms with van der Waals surface area (Å²) >= 11 is 0. The zero-order valence-electron chi connectivity index (χ0n) is 17.0. The minimum atomic E-state index is -4.44. The number of carbonyl (C=O) groups is 2. The van der Waals surface area contributed by atoms with Crippen LogP contribution in [0.25, 0.3) is 0 Å². The molecule has 0 heterocycles. The molecule has 0 radical (unpaired) electrons. The number of aliphatic hydroxyl groups excluding tert-OH is 1. The number of unbranched alkanes of at least 4 members (excludes halogenated alkanes) is 1. The predicted molar refractivity (Wildman–Crippen MR) is 109 cm³/mol. The molecule has 0 saturated carbocycles. The number of allylic oxidation sites excluding steroid dienone is 4. The molecule has 1 aliphatic carbocycles. The van der Waals surface area contributed by atoms with E-state index in [0.29, 0.717) is 43.3 Å². The van der Waals surface area contributed by atoms with Gasteiger partial charge in [0.25, 0.3) is 0 Å². The zero-order valence-corrected chi connectivity index (χ0v) is 17.0. The number of hydrogen-bond acceptors (Lipinski definition) is 4. The summed E-state index contributed by atoms with van der Waals surface area (Å²) in [6.07, 6.45) is 3.24. The molecule has 31 heavy (non-hydrogen) atoms. The Kier molecular flexibility index (Phi) is 8.90. The molecule has 2 N–H and O–H groups in total. The lowest BCUT2D eigenvalue weighted by atomic mass is 10.0. The summed E-state index contributed by atoms with van der Waals surface area (Å²) in [5, 5.41) is 19.0. The number of benzene rings is 1. The average molecular weight is 438 g/mol. The molecular formula is C23H25F3O5. The number of aliphatic hydroxyl groups is 1. The fourth-order valence-electron chi connectivity index (χ4n) is 3.18. The van der Waals surface area contributed by atoms with Crippen LogP contribution in [0.3, 0.4) is 0 Å². The minimum Gasteiger partial charge on any atom is -0.508 e. The molecule has 1 aromatic rings. The molecule has 2 rings (SSSR count). The Labute approximate surface area is 178 Å². The molecule has 0 atom stereocenters. The van der Waals surface area contributed by atoms with Crippen LogP contribution in [-0.2, 0) is 15.8 Å². The lowest BCUT2D eigenvalue weighted by molar-refractivity contribution is -0.138. The van der Waals surface area contributed by atoms with Gasteiger partial charge in [0.05, 0.1) is 12.2 Å². The lowest BCUT2D eigenvalue weighted by Crippen LogP contribution is -2.05. The van der Waals surface area contributed by atoms with Gasteiger partial charge in [0, 0.05) is 30.4 Å². The number of aliphatic carboxylic acids is 1. The van der Waals surface area contributed by atoms with Gasteiger partial charge in [-0.15, -0.1) is 0 Å².